The van der Waals surface area contributed by atoms with Gasteiger partial charge in [-0.25, -0.2) is 8.42 Å². The van der Waals surface area contributed by atoms with Gasteiger partial charge < -0.3 is 4.57 Å². The zero-order chi connectivity index (χ0) is 13.4. The summed E-state index contributed by atoms with van der Waals surface area (Å²) in [4.78, 5) is 10.8. The summed E-state index contributed by atoms with van der Waals surface area (Å²) in [7, 11) is -3.14. The van der Waals surface area contributed by atoms with Crippen LogP contribution in [0.25, 0.3) is 0 Å². The summed E-state index contributed by atoms with van der Waals surface area (Å²) in [5.41, 5.74) is 2.34. The van der Waals surface area contributed by atoms with E-state index in [9.17, 15) is 13.2 Å². The summed E-state index contributed by atoms with van der Waals surface area (Å²) in [6.07, 6.45) is 2.04. The van der Waals surface area contributed by atoms with Crippen molar-refractivity contribution in [3.05, 3.63) is 23.0 Å². The van der Waals surface area contributed by atoms with E-state index in [0.717, 1.165) is 17.7 Å². The lowest BCUT2D eigenvalue weighted by Gasteiger charge is -2.25. The van der Waals surface area contributed by atoms with Crippen LogP contribution >= 0.6 is 0 Å². The van der Waals surface area contributed by atoms with E-state index in [-0.39, 0.29) is 0 Å². The number of carbonyl (C=O) groups is 1. The molecule has 96 valence electrons. The molecule has 0 aromatic carbocycles. The maximum Gasteiger partial charge on any atom is 0.154 e. The van der Waals surface area contributed by atoms with Gasteiger partial charge in [0.25, 0.3) is 0 Å². The molecule has 0 atom stereocenters. The Labute approximate surface area is 103 Å². The van der Waals surface area contributed by atoms with E-state index in [1.165, 1.54) is 6.26 Å². The number of aromatic nitrogens is 1. The third-order valence-electron chi connectivity index (χ3n) is 3.28. The summed E-state index contributed by atoms with van der Waals surface area (Å²) in [6, 6.07) is 1.78. The van der Waals surface area contributed by atoms with Crippen molar-refractivity contribution >= 4 is 16.1 Å². The molecule has 1 aromatic heterocycles. The molecule has 1 heterocycles. The second-order valence-electron chi connectivity index (χ2n) is 5.06. The summed E-state index contributed by atoms with van der Waals surface area (Å²) >= 11 is 0. The topological polar surface area (TPSA) is 56.1 Å². The second kappa shape index (κ2) is 4.29. The molecule has 5 heteroatoms. The van der Waals surface area contributed by atoms with Gasteiger partial charge in [-0.2, -0.15) is 0 Å². The number of aldehydes is 1. The maximum atomic E-state index is 11.7. The van der Waals surface area contributed by atoms with E-state index in [1.54, 1.807) is 19.9 Å². The summed E-state index contributed by atoms with van der Waals surface area (Å²) in [5.74, 6) is 0. The number of nitrogens with zero attached hydrogens (tertiary/aromatic N) is 1. The molecule has 1 aromatic rings. The van der Waals surface area contributed by atoms with Gasteiger partial charge >= 0.3 is 0 Å². The van der Waals surface area contributed by atoms with Gasteiger partial charge in [0.05, 0.1) is 4.75 Å². The number of sulfone groups is 1. The van der Waals surface area contributed by atoms with E-state index in [0.29, 0.717) is 12.1 Å². The monoisotopic (exact) mass is 257 g/mol. The van der Waals surface area contributed by atoms with Gasteiger partial charge in [0.2, 0.25) is 0 Å². The van der Waals surface area contributed by atoms with Gasteiger partial charge in [-0.3, -0.25) is 4.79 Å². The molecule has 0 radical (unpaired) electrons. The van der Waals surface area contributed by atoms with Gasteiger partial charge in [-0.1, -0.05) is 0 Å². The Morgan fingerprint density at radius 1 is 1.35 bits per heavy atom. The Kier molecular flexibility index (Phi) is 3.52. The lowest BCUT2D eigenvalue weighted by molar-refractivity contribution is 0.112. The normalized spacial score (nSPS) is 12.8. The highest BCUT2D eigenvalue weighted by Crippen LogP contribution is 2.22. The molecule has 0 saturated heterocycles. The van der Waals surface area contributed by atoms with Crippen LogP contribution in [0.15, 0.2) is 6.07 Å². The largest absolute Gasteiger partial charge is 0.347 e. The molecule has 0 bridgehead atoms. The van der Waals surface area contributed by atoms with Crippen LogP contribution in [0.2, 0.25) is 0 Å². The standard InChI is InChI=1S/C12H19NO3S/c1-9-6-11(7-14)10(2)13(9)8-12(3,4)17(5,15)16/h6-7H,8H2,1-5H3. The number of hydrogen-bond acceptors (Lipinski definition) is 3. The van der Waals surface area contributed by atoms with Crippen LogP contribution in [-0.4, -0.2) is 30.3 Å². The number of aryl methyl sites for hydroxylation is 1. The molecule has 0 spiro atoms. The minimum Gasteiger partial charge on any atom is -0.347 e. The van der Waals surface area contributed by atoms with E-state index < -0.39 is 14.6 Å². The highest BCUT2D eigenvalue weighted by atomic mass is 32.2. The average molecular weight is 257 g/mol. The predicted octanol–water partition coefficient (Wildman–Crippen LogP) is 1.74. The van der Waals surface area contributed by atoms with Crippen molar-refractivity contribution in [1.29, 1.82) is 0 Å². The van der Waals surface area contributed by atoms with Crippen molar-refractivity contribution in [3.8, 4) is 0 Å². The number of rotatable bonds is 4. The molecule has 0 unspecified atom stereocenters. The SMILES string of the molecule is Cc1cc(C=O)c(C)n1CC(C)(C)S(C)(=O)=O. The summed E-state index contributed by atoms with van der Waals surface area (Å²) in [6.45, 7) is 7.45. The Bertz CT molecular complexity index is 538. The molecule has 17 heavy (non-hydrogen) atoms. The van der Waals surface area contributed by atoms with E-state index in [1.807, 2.05) is 18.4 Å². The lowest BCUT2D eigenvalue weighted by Crippen LogP contribution is -2.36. The van der Waals surface area contributed by atoms with Gasteiger partial charge in [0, 0.05) is 29.8 Å². The minimum absolute atomic E-state index is 0.358. The van der Waals surface area contributed by atoms with E-state index in [4.69, 9.17) is 0 Å². The van der Waals surface area contributed by atoms with Crippen molar-refractivity contribution < 1.29 is 13.2 Å². The summed E-state index contributed by atoms with van der Waals surface area (Å²) < 4.78 is 24.4. The Morgan fingerprint density at radius 3 is 2.24 bits per heavy atom. The molecule has 0 fully saturated rings. The highest BCUT2D eigenvalue weighted by Gasteiger charge is 2.31. The molecule has 0 aliphatic carbocycles. The first-order valence-electron chi connectivity index (χ1n) is 5.41. The quantitative estimate of drug-likeness (QED) is 0.772. The molecule has 4 nitrogen and oxygen atoms in total. The maximum absolute atomic E-state index is 11.7. The van der Waals surface area contributed by atoms with Crippen LogP contribution in [0.5, 0.6) is 0 Å². The smallest absolute Gasteiger partial charge is 0.154 e. The van der Waals surface area contributed by atoms with Crippen molar-refractivity contribution in [3.63, 3.8) is 0 Å². The summed E-state index contributed by atoms with van der Waals surface area (Å²) in [5, 5.41) is 0. The van der Waals surface area contributed by atoms with E-state index >= 15 is 0 Å². The fourth-order valence-corrected chi connectivity index (χ4v) is 2.05. The van der Waals surface area contributed by atoms with Crippen LogP contribution < -0.4 is 0 Å². The third-order valence-corrected chi connectivity index (χ3v) is 5.42. The Balaban J connectivity index is 3.21. The van der Waals surface area contributed by atoms with Gasteiger partial charge in [-0.05, 0) is 33.8 Å². The zero-order valence-corrected chi connectivity index (χ0v) is 11.8. The van der Waals surface area contributed by atoms with Crippen molar-refractivity contribution in [2.24, 2.45) is 0 Å². The zero-order valence-electron chi connectivity index (χ0n) is 10.9. The van der Waals surface area contributed by atoms with Crippen molar-refractivity contribution in [1.82, 2.24) is 4.57 Å². The fraction of sp³-hybridized carbons (Fsp3) is 0.583. The van der Waals surface area contributed by atoms with Gasteiger partial charge in [0.15, 0.2) is 16.1 Å². The number of carbonyl (C=O) groups excluding carboxylic acids is 1. The molecule has 0 saturated carbocycles. The van der Waals surface area contributed by atoms with Crippen LogP contribution in [0, 0.1) is 13.8 Å². The van der Waals surface area contributed by atoms with Crippen LogP contribution in [-0.2, 0) is 16.4 Å². The fourth-order valence-electron chi connectivity index (χ4n) is 1.69. The first-order valence-corrected chi connectivity index (χ1v) is 7.31. The molecule has 0 aliphatic heterocycles. The average Bonchev–Trinajstić information content (AvgIpc) is 2.43. The van der Waals surface area contributed by atoms with E-state index in [2.05, 4.69) is 0 Å². The molecular weight excluding hydrogens is 238 g/mol. The Hall–Kier alpha value is -1.10. The second-order valence-corrected chi connectivity index (χ2v) is 7.71. The molecule has 1 rings (SSSR count). The first-order chi connectivity index (χ1) is 7.60. The van der Waals surface area contributed by atoms with Crippen molar-refractivity contribution in [2.75, 3.05) is 6.26 Å². The van der Waals surface area contributed by atoms with Crippen molar-refractivity contribution in [2.45, 2.75) is 39.0 Å². The molecule has 0 amide bonds. The molecular formula is C12H19NO3S. The van der Waals surface area contributed by atoms with Crippen LogP contribution in [0.1, 0.15) is 35.6 Å². The highest BCUT2D eigenvalue weighted by molar-refractivity contribution is 7.92. The minimum atomic E-state index is -3.14. The lowest BCUT2D eigenvalue weighted by atomic mass is 10.2. The number of hydrogen-bond donors (Lipinski definition) is 0. The van der Waals surface area contributed by atoms with Crippen LogP contribution in [0.4, 0.5) is 0 Å². The molecule has 0 N–H and O–H groups in total. The molecule has 0 aliphatic rings. The first kappa shape index (κ1) is 14.0. The third kappa shape index (κ3) is 2.60. The van der Waals surface area contributed by atoms with Gasteiger partial charge in [-0.15, -0.1) is 0 Å². The van der Waals surface area contributed by atoms with Gasteiger partial charge in [0.1, 0.15) is 0 Å². The predicted molar refractivity (Wildman–Crippen MR) is 68.2 cm³/mol. The Morgan fingerprint density at radius 2 is 1.88 bits per heavy atom. The van der Waals surface area contributed by atoms with Crippen LogP contribution in [0.3, 0.4) is 0 Å².